The van der Waals surface area contributed by atoms with Crippen molar-refractivity contribution >= 4 is 27.5 Å². The van der Waals surface area contributed by atoms with Crippen molar-refractivity contribution in [3.05, 3.63) is 95.8 Å². The van der Waals surface area contributed by atoms with E-state index < -0.39 is 40.2 Å². The topological polar surface area (TPSA) is 86.8 Å². The molecular weight excluding hydrogens is 505 g/mol. The van der Waals surface area contributed by atoms with Crippen LogP contribution in [0.3, 0.4) is 0 Å². The Hall–Kier alpha value is -3.72. The van der Waals surface area contributed by atoms with Gasteiger partial charge in [0, 0.05) is 18.7 Å². The van der Waals surface area contributed by atoms with E-state index >= 15 is 0 Å². The Morgan fingerprint density at radius 3 is 2.13 bits per heavy atom. The highest BCUT2D eigenvalue weighted by atomic mass is 32.2. The van der Waals surface area contributed by atoms with Gasteiger partial charge in [-0.3, -0.25) is 13.9 Å². The number of amides is 2. The summed E-state index contributed by atoms with van der Waals surface area (Å²) in [6.45, 7) is 6.84. The highest BCUT2D eigenvalue weighted by Crippen LogP contribution is 2.27. The molecule has 0 saturated carbocycles. The van der Waals surface area contributed by atoms with Crippen LogP contribution in [0.15, 0.2) is 83.8 Å². The molecule has 0 aliphatic carbocycles. The molecule has 0 spiro atoms. The largest absolute Gasteiger partial charge is 0.354 e. The zero-order valence-electron chi connectivity index (χ0n) is 22.1. The summed E-state index contributed by atoms with van der Waals surface area (Å²) in [6.07, 6.45) is 0. The summed E-state index contributed by atoms with van der Waals surface area (Å²) in [5.74, 6) is -1.37. The van der Waals surface area contributed by atoms with Gasteiger partial charge in [0.05, 0.1) is 10.6 Å². The van der Waals surface area contributed by atoms with Crippen LogP contribution in [0.1, 0.15) is 31.9 Å². The molecular formula is C29H34FN3O4S. The second-order valence-electron chi connectivity index (χ2n) is 9.54. The van der Waals surface area contributed by atoms with Gasteiger partial charge in [-0.1, -0.05) is 68.4 Å². The van der Waals surface area contributed by atoms with E-state index in [0.717, 1.165) is 4.31 Å². The van der Waals surface area contributed by atoms with Crippen molar-refractivity contribution in [1.82, 2.24) is 10.2 Å². The lowest BCUT2D eigenvalue weighted by Gasteiger charge is -2.32. The monoisotopic (exact) mass is 539 g/mol. The fourth-order valence-corrected chi connectivity index (χ4v) is 5.42. The first-order chi connectivity index (χ1) is 18.0. The van der Waals surface area contributed by atoms with Crippen molar-refractivity contribution in [2.45, 2.75) is 45.2 Å². The Bertz CT molecular complexity index is 1360. The molecule has 9 heteroatoms. The van der Waals surface area contributed by atoms with Crippen molar-refractivity contribution in [1.29, 1.82) is 0 Å². The number of carbonyl (C=O) groups is 2. The molecule has 1 atom stereocenters. The molecule has 0 saturated heterocycles. The summed E-state index contributed by atoms with van der Waals surface area (Å²) in [6, 6.07) is 19.7. The second-order valence-corrected chi connectivity index (χ2v) is 11.4. The number of hydrogen-bond donors (Lipinski definition) is 1. The molecule has 1 N–H and O–H groups in total. The average Bonchev–Trinajstić information content (AvgIpc) is 2.90. The summed E-state index contributed by atoms with van der Waals surface area (Å²) < 4.78 is 43.1. The summed E-state index contributed by atoms with van der Waals surface area (Å²) in [4.78, 5) is 28.0. The number of anilines is 1. The molecule has 3 rings (SSSR count). The number of halogens is 1. The minimum atomic E-state index is -4.14. The minimum absolute atomic E-state index is 0.0273. The van der Waals surface area contributed by atoms with Crippen LogP contribution in [0.5, 0.6) is 0 Å². The minimum Gasteiger partial charge on any atom is -0.354 e. The van der Waals surface area contributed by atoms with Crippen LogP contribution in [0.2, 0.25) is 0 Å². The number of benzene rings is 3. The number of nitrogens with zero attached hydrogens (tertiary/aromatic N) is 2. The predicted octanol–water partition coefficient (Wildman–Crippen LogP) is 4.52. The average molecular weight is 540 g/mol. The van der Waals surface area contributed by atoms with Gasteiger partial charge >= 0.3 is 0 Å². The van der Waals surface area contributed by atoms with Crippen LogP contribution in [0.4, 0.5) is 10.1 Å². The first-order valence-corrected chi connectivity index (χ1v) is 13.9. The SMILES string of the molecule is Cc1ccccc1N(CC(=O)N(Cc1ccccc1F)[C@H](C)C(=O)NCC(C)C)S(=O)(=O)c1ccccc1. The number of nitrogens with one attached hydrogen (secondary N) is 1. The van der Waals surface area contributed by atoms with E-state index in [2.05, 4.69) is 5.32 Å². The highest BCUT2D eigenvalue weighted by molar-refractivity contribution is 7.92. The van der Waals surface area contributed by atoms with Gasteiger partial charge in [-0.2, -0.15) is 0 Å². The maximum atomic E-state index is 14.6. The summed E-state index contributed by atoms with van der Waals surface area (Å²) in [5.41, 5.74) is 1.22. The van der Waals surface area contributed by atoms with Crippen molar-refractivity contribution < 1.29 is 22.4 Å². The molecule has 2 amide bonds. The number of sulfonamides is 1. The Labute approximate surface area is 224 Å². The van der Waals surface area contributed by atoms with Gasteiger partial charge in [-0.15, -0.1) is 0 Å². The Kier molecular flexibility index (Phi) is 9.63. The Morgan fingerprint density at radius 1 is 0.895 bits per heavy atom. The molecule has 3 aromatic carbocycles. The zero-order valence-corrected chi connectivity index (χ0v) is 22.9. The highest BCUT2D eigenvalue weighted by Gasteiger charge is 2.33. The van der Waals surface area contributed by atoms with E-state index in [1.807, 2.05) is 13.8 Å². The fraction of sp³-hybridized carbons (Fsp3) is 0.310. The van der Waals surface area contributed by atoms with E-state index in [9.17, 15) is 22.4 Å². The summed E-state index contributed by atoms with van der Waals surface area (Å²) in [7, 11) is -4.14. The van der Waals surface area contributed by atoms with Crippen molar-refractivity contribution in [3.8, 4) is 0 Å². The van der Waals surface area contributed by atoms with Gasteiger partial charge in [0.1, 0.15) is 18.4 Å². The van der Waals surface area contributed by atoms with Gasteiger partial charge in [-0.25, -0.2) is 12.8 Å². The van der Waals surface area contributed by atoms with Crippen LogP contribution >= 0.6 is 0 Å². The molecule has 0 radical (unpaired) electrons. The van der Waals surface area contributed by atoms with E-state index in [0.29, 0.717) is 17.8 Å². The van der Waals surface area contributed by atoms with Gasteiger partial charge in [0.25, 0.3) is 10.0 Å². The van der Waals surface area contributed by atoms with Crippen LogP contribution in [0.25, 0.3) is 0 Å². The van der Waals surface area contributed by atoms with Crippen LogP contribution in [-0.2, 0) is 26.2 Å². The number of para-hydroxylation sites is 1. The number of hydrogen-bond acceptors (Lipinski definition) is 4. The van der Waals surface area contributed by atoms with Gasteiger partial charge < -0.3 is 10.2 Å². The van der Waals surface area contributed by atoms with Gasteiger partial charge in [-0.05, 0) is 49.6 Å². The maximum absolute atomic E-state index is 14.6. The lowest BCUT2D eigenvalue weighted by Crippen LogP contribution is -2.51. The third-order valence-electron chi connectivity index (χ3n) is 6.14. The molecule has 0 bridgehead atoms. The smallest absolute Gasteiger partial charge is 0.264 e. The molecule has 0 unspecified atom stereocenters. The fourth-order valence-electron chi connectivity index (χ4n) is 3.92. The number of rotatable bonds is 11. The Balaban J connectivity index is 2.02. The van der Waals surface area contributed by atoms with E-state index in [1.165, 1.54) is 35.2 Å². The first kappa shape index (κ1) is 28.8. The molecule has 38 heavy (non-hydrogen) atoms. The predicted molar refractivity (Wildman–Crippen MR) is 146 cm³/mol. The molecule has 0 aliphatic heterocycles. The van der Waals surface area contributed by atoms with Crippen molar-refractivity contribution in [2.75, 3.05) is 17.4 Å². The molecule has 0 heterocycles. The molecule has 202 valence electrons. The first-order valence-electron chi connectivity index (χ1n) is 12.5. The second kappa shape index (κ2) is 12.7. The third-order valence-corrected chi connectivity index (χ3v) is 7.92. The molecule has 7 nitrogen and oxygen atoms in total. The quantitative estimate of drug-likeness (QED) is 0.388. The van der Waals surface area contributed by atoms with E-state index in [1.54, 1.807) is 62.4 Å². The van der Waals surface area contributed by atoms with Crippen LogP contribution < -0.4 is 9.62 Å². The third kappa shape index (κ3) is 6.98. The number of aryl methyl sites for hydroxylation is 1. The standard InChI is InChI=1S/C29H34FN3O4S/c1-21(2)18-31-29(35)23(4)32(19-24-13-9-10-16-26(24)30)28(34)20-33(27-17-11-8-12-22(27)3)38(36,37)25-14-6-5-7-15-25/h5-17,21,23H,18-20H2,1-4H3,(H,31,35)/t23-/m1/s1. The van der Waals surface area contributed by atoms with E-state index in [4.69, 9.17) is 0 Å². The van der Waals surface area contributed by atoms with E-state index in [-0.39, 0.29) is 22.9 Å². The molecule has 0 aliphatic rings. The molecule has 3 aromatic rings. The lowest BCUT2D eigenvalue weighted by atomic mass is 10.1. The van der Waals surface area contributed by atoms with Crippen molar-refractivity contribution in [3.63, 3.8) is 0 Å². The summed E-state index contributed by atoms with van der Waals surface area (Å²) >= 11 is 0. The maximum Gasteiger partial charge on any atom is 0.264 e. The normalized spacial score (nSPS) is 12.2. The Morgan fingerprint density at radius 2 is 1.50 bits per heavy atom. The van der Waals surface area contributed by atoms with Crippen LogP contribution in [0, 0.1) is 18.7 Å². The molecule has 0 fully saturated rings. The van der Waals surface area contributed by atoms with Gasteiger partial charge in [0.15, 0.2) is 0 Å². The van der Waals surface area contributed by atoms with Crippen LogP contribution in [-0.4, -0.2) is 44.3 Å². The summed E-state index contributed by atoms with van der Waals surface area (Å²) in [5, 5.41) is 2.81. The van der Waals surface area contributed by atoms with Gasteiger partial charge in [0.2, 0.25) is 11.8 Å². The zero-order chi connectivity index (χ0) is 27.9. The lowest BCUT2D eigenvalue weighted by molar-refractivity contribution is -0.139. The molecule has 0 aromatic heterocycles. The van der Waals surface area contributed by atoms with Crippen molar-refractivity contribution in [2.24, 2.45) is 5.92 Å². The number of carbonyl (C=O) groups excluding carboxylic acids is 2.